The van der Waals surface area contributed by atoms with Crippen molar-refractivity contribution in [1.29, 1.82) is 0 Å². The minimum Gasteiger partial charge on any atom is -0.467 e. The van der Waals surface area contributed by atoms with Crippen LogP contribution >= 0.6 is 7.60 Å². The number of hydrogen-bond donors (Lipinski definition) is 5. The molecule has 14 heteroatoms. The smallest absolute Gasteiger partial charge is 0.351 e. The fourth-order valence-electron chi connectivity index (χ4n) is 4.17. The molecule has 0 bridgehead atoms. The molecule has 242 valence electrons. The van der Waals surface area contributed by atoms with Crippen LogP contribution in [0.2, 0.25) is 0 Å². The maximum absolute atomic E-state index is 13.6. The van der Waals surface area contributed by atoms with Crippen LogP contribution in [0.15, 0.2) is 30.3 Å². The highest BCUT2D eigenvalue weighted by molar-refractivity contribution is 7.53. The zero-order chi connectivity index (χ0) is 32.9. The Morgan fingerprint density at radius 1 is 0.884 bits per heavy atom. The molecule has 0 aliphatic rings. The second-order valence-electron chi connectivity index (χ2n) is 11.6. The molecule has 43 heavy (non-hydrogen) atoms. The Kier molecular flexibility index (Phi) is 15.6. The molecule has 0 fully saturated rings. The number of nitrogens with one attached hydrogen (secondary N) is 3. The lowest BCUT2D eigenvalue weighted by atomic mass is 10.0. The summed E-state index contributed by atoms with van der Waals surface area (Å²) in [5.41, 5.74) is 5.99. The van der Waals surface area contributed by atoms with E-state index < -0.39 is 61.7 Å². The van der Waals surface area contributed by atoms with Gasteiger partial charge in [-0.05, 0) is 29.7 Å². The molecule has 0 heterocycles. The molecule has 1 aromatic rings. The first kappa shape index (κ1) is 37.7. The lowest BCUT2D eigenvalue weighted by Crippen LogP contribution is -2.57. The van der Waals surface area contributed by atoms with Gasteiger partial charge < -0.3 is 31.3 Å². The number of ether oxygens (including phenoxy) is 1. The SMILES string of the molecule is COC(=O)[C@H](Cc1ccccc1)OP(=O)(O)[C@H](CC(C)C)NC(=O)[C@H](CC(N)=O)NC(=O)C(NC(=O)CC(C)C)C(C)C. The molecule has 0 saturated heterocycles. The number of benzene rings is 1. The molecule has 1 aromatic carbocycles. The summed E-state index contributed by atoms with van der Waals surface area (Å²) in [6, 6.07) is 6.11. The third-order valence-electron chi connectivity index (χ3n) is 6.30. The summed E-state index contributed by atoms with van der Waals surface area (Å²) in [6.45, 7) is 10.6. The van der Waals surface area contributed by atoms with Gasteiger partial charge in [0.15, 0.2) is 6.10 Å². The highest BCUT2D eigenvalue weighted by atomic mass is 31.2. The Morgan fingerprint density at radius 2 is 1.49 bits per heavy atom. The summed E-state index contributed by atoms with van der Waals surface area (Å²) in [7, 11) is -3.65. The molecule has 0 aromatic heterocycles. The molecular formula is C29H47N4O9P. The fourth-order valence-corrected chi connectivity index (χ4v) is 5.82. The number of carbonyl (C=O) groups is 5. The quantitative estimate of drug-likeness (QED) is 0.119. The second-order valence-corrected chi connectivity index (χ2v) is 13.6. The van der Waals surface area contributed by atoms with Gasteiger partial charge in [0.05, 0.1) is 13.5 Å². The van der Waals surface area contributed by atoms with E-state index >= 15 is 0 Å². The topological polar surface area (TPSA) is 203 Å². The van der Waals surface area contributed by atoms with Crippen LogP contribution in [0.5, 0.6) is 0 Å². The van der Waals surface area contributed by atoms with E-state index in [1.165, 1.54) is 0 Å². The van der Waals surface area contributed by atoms with Gasteiger partial charge in [-0.3, -0.25) is 28.3 Å². The average molecular weight is 627 g/mol. The van der Waals surface area contributed by atoms with Crippen molar-refractivity contribution < 1.29 is 42.7 Å². The van der Waals surface area contributed by atoms with Gasteiger partial charge in [0.2, 0.25) is 23.6 Å². The maximum atomic E-state index is 13.6. The van der Waals surface area contributed by atoms with Gasteiger partial charge in [-0.1, -0.05) is 71.9 Å². The molecule has 4 amide bonds. The molecule has 0 radical (unpaired) electrons. The monoisotopic (exact) mass is 626 g/mol. The summed E-state index contributed by atoms with van der Waals surface area (Å²) in [5, 5.41) is 7.51. The van der Waals surface area contributed by atoms with E-state index in [-0.39, 0.29) is 42.9 Å². The Bertz CT molecular complexity index is 1140. The van der Waals surface area contributed by atoms with Crippen LogP contribution in [0, 0.1) is 17.8 Å². The van der Waals surface area contributed by atoms with Gasteiger partial charge in [0.25, 0.3) is 0 Å². The van der Waals surface area contributed by atoms with Gasteiger partial charge in [-0.2, -0.15) is 0 Å². The zero-order valence-electron chi connectivity index (χ0n) is 26.0. The van der Waals surface area contributed by atoms with Crippen molar-refractivity contribution in [3.8, 4) is 0 Å². The van der Waals surface area contributed by atoms with Crippen molar-refractivity contribution >= 4 is 37.2 Å². The number of rotatable bonds is 18. The van der Waals surface area contributed by atoms with Crippen LogP contribution < -0.4 is 21.7 Å². The third kappa shape index (κ3) is 13.7. The van der Waals surface area contributed by atoms with E-state index in [4.69, 9.17) is 15.0 Å². The molecule has 13 nitrogen and oxygen atoms in total. The first-order valence-corrected chi connectivity index (χ1v) is 15.9. The van der Waals surface area contributed by atoms with E-state index in [1.807, 2.05) is 13.8 Å². The largest absolute Gasteiger partial charge is 0.467 e. The van der Waals surface area contributed by atoms with E-state index in [0.717, 1.165) is 7.11 Å². The third-order valence-corrected chi connectivity index (χ3v) is 7.99. The fraction of sp³-hybridized carbons (Fsp3) is 0.621. The van der Waals surface area contributed by atoms with Crippen molar-refractivity contribution in [3.05, 3.63) is 35.9 Å². The highest BCUT2D eigenvalue weighted by Gasteiger charge is 2.41. The van der Waals surface area contributed by atoms with Crippen LogP contribution in [0.25, 0.3) is 0 Å². The first-order valence-electron chi connectivity index (χ1n) is 14.3. The van der Waals surface area contributed by atoms with Crippen LogP contribution in [-0.4, -0.2) is 65.6 Å². The molecule has 0 spiro atoms. The maximum Gasteiger partial charge on any atom is 0.351 e. The van der Waals surface area contributed by atoms with Crippen LogP contribution in [0.4, 0.5) is 0 Å². The Balaban J connectivity index is 3.23. The number of primary amides is 1. The molecule has 2 unspecified atom stereocenters. The molecular weight excluding hydrogens is 579 g/mol. The van der Waals surface area contributed by atoms with Crippen molar-refractivity contribution in [2.24, 2.45) is 23.5 Å². The number of methoxy groups -OCH3 is 1. The second kappa shape index (κ2) is 17.7. The van der Waals surface area contributed by atoms with E-state index in [2.05, 4.69) is 16.0 Å². The Morgan fingerprint density at radius 3 is 1.98 bits per heavy atom. The highest BCUT2D eigenvalue weighted by Crippen LogP contribution is 2.50. The van der Waals surface area contributed by atoms with Crippen molar-refractivity contribution in [3.63, 3.8) is 0 Å². The molecule has 5 atom stereocenters. The van der Waals surface area contributed by atoms with Crippen molar-refractivity contribution in [2.75, 3.05) is 7.11 Å². The summed E-state index contributed by atoms with van der Waals surface area (Å²) in [6.07, 6.45) is -2.01. The standard InChI is InChI=1S/C29H47N4O9P/c1-17(2)13-24(35)32-26(19(5)6)28(37)31-21(16-23(30)34)27(36)33-25(14-18(3)4)43(39,40)42-22(29(38)41-7)15-20-11-9-8-10-12-20/h8-12,17-19,21-22,25-26H,13-16H2,1-7H3,(H2,30,34)(H,31,37)(H,32,35)(H,33,36)(H,39,40)/t21-,22-,25+,26?/m0/s1. The normalized spacial score (nSPS) is 15.6. The minimum absolute atomic E-state index is 0.0458. The number of carbonyl (C=O) groups excluding carboxylic acids is 5. The molecule has 6 N–H and O–H groups in total. The number of nitrogens with two attached hydrogens (primary N) is 1. The first-order chi connectivity index (χ1) is 20.0. The Hall–Kier alpha value is -3.28. The summed E-state index contributed by atoms with van der Waals surface area (Å²) in [5.74, 6) is -5.90. The summed E-state index contributed by atoms with van der Waals surface area (Å²) in [4.78, 5) is 74.2. The van der Waals surface area contributed by atoms with Crippen molar-refractivity contribution in [2.45, 2.75) is 91.2 Å². The van der Waals surface area contributed by atoms with Gasteiger partial charge in [-0.25, -0.2) is 4.79 Å². The van der Waals surface area contributed by atoms with Gasteiger partial charge >= 0.3 is 13.6 Å². The molecule has 0 aliphatic carbocycles. The molecule has 1 rings (SSSR count). The minimum atomic E-state index is -4.76. The van der Waals surface area contributed by atoms with E-state index in [9.17, 15) is 33.4 Å². The average Bonchev–Trinajstić information content (AvgIpc) is 2.89. The van der Waals surface area contributed by atoms with E-state index in [0.29, 0.717) is 5.56 Å². The predicted molar refractivity (Wildman–Crippen MR) is 160 cm³/mol. The number of hydrogen-bond acceptors (Lipinski definition) is 8. The number of esters is 1. The van der Waals surface area contributed by atoms with Crippen molar-refractivity contribution in [1.82, 2.24) is 16.0 Å². The van der Waals surface area contributed by atoms with Crippen LogP contribution in [0.1, 0.15) is 66.4 Å². The molecule has 0 aliphatic heterocycles. The zero-order valence-corrected chi connectivity index (χ0v) is 26.9. The number of amides is 4. The lowest BCUT2D eigenvalue weighted by Gasteiger charge is -2.30. The summed E-state index contributed by atoms with van der Waals surface area (Å²) < 4.78 is 23.8. The van der Waals surface area contributed by atoms with Gasteiger partial charge in [-0.15, -0.1) is 0 Å². The van der Waals surface area contributed by atoms with Gasteiger partial charge in [0.1, 0.15) is 17.9 Å². The van der Waals surface area contributed by atoms with Crippen LogP contribution in [0.3, 0.4) is 0 Å². The summed E-state index contributed by atoms with van der Waals surface area (Å²) >= 11 is 0. The Labute approximate surface area is 253 Å². The van der Waals surface area contributed by atoms with Gasteiger partial charge in [0, 0.05) is 12.8 Å². The van der Waals surface area contributed by atoms with Crippen LogP contribution in [-0.2, 0) is 44.2 Å². The molecule has 0 saturated carbocycles. The van der Waals surface area contributed by atoms with E-state index in [1.54, 1.807) is 58.0 Å². The predicted octanol–water partition coefficient (Wildman–Crippen LogP) is 2.01. The lowest BCUT2D eigenvalue weighted by molar-refractivity contribution is -0.149.